The number of hydrogen-bond acceptors (Lipinski definition) is 5. The van der Waals surface area contributed by atoms with Crippen LogP contribution in [0.25, 0.3) is 0 Å². The molecule has 0 aromatic carbocycles. The Balaban J connectivity index is 2.19. The summed E-state index contributed by atoms with van der Waals surface area (Å²) < 4.78 is 2.13. The first kappa shape index (κ1) is 13.6. The molecule has 0 radical (unpaired) electrons. The van der Waals surface area contributed by atoms with Gasteiger partial charge < -0.3 is 0 Å². The first-order chi connectivity index (χ1) is 7.26. The first-order valence-corrected chi connectivity index (χ1v) is 8.38. The van der Waals surface area contributed by atoms with Gasteiger partial charge in [-0.3, -0.25) is 0 Å². The van der Waals surface area contributed by atoms with Crippen LogP contribution in [0.3, 0.4) is 0 Å². The van der Waals surface area contributed by atoms with E-state index in [4.69, 9.17) is 11.6 Å². The second kappa shape index (κ2) is 7.76. The van der Waals surface area contributed by atoms with Crippen molar-refractivity contribution in [1.29, 1.82) is 0 Å². The van der Waals surface area contributed by atoms with Gasteiger partial charge in [0.1, 0.15) is 0 Å². The predicted octanol–water partition coefficient (Wildman–Crippen LogP) is 4.01. The predicted molar refractivity (Wildman–Crippen MR) is 71.5 cm³/mol. The molecule has 15 heavy (non-hydrogen) atoms. The third-order valence-corrected chi connectivity index (χ3v) is 5.28. The molecule has 0 aliphatic carbocycles. The van der Waals surface area contributed by atoms with E-state index >= 15 is 0 Å². The molecular weight excluding hydrogens is 268 g/mol. The van der Waals surface area contributed by atoms with E-state index in [0.29, 0.717) is 5.92 Å². The molecule has 0 aliphatic heterocycles. The van der Waals surface area contributed by atoms with Crippen LogP contribution in [0.5, 0.6) is 0 Å². The average molecular weight is 283 g/mol. The summed E-state index contributed by atoms with van der Waals surface area (Å²) in [5.74, 6) is 2.59. The number of hydrogen-bond donors (Lipinski definition) is 0. The van der Waals surface area contributed by atoms with Gasteiger partial charge >= 0.3 is 0 Å². The fourth-order valence-electron chi connectivity index (χ4n) is 1.02. The standard InChI is InChI=1S/C9H15ClN2S3/c1-7(3-5-10)4-6-14-9-12-11-8(13-2)15-9/h7H,3-6H2,1-2H3. The zero-order chi connectivity index (χ0) is 11.1. The molecule has 0 bridgehead atoms. The molecule has 0 amide bonds. The normalized spacial score (nSPS) is 13.0. The lowest BCUT2D eigenvalue weighted by Gasteiger charge is -2.06. The second-order valence-electron chi connectivity index (χ2n) is 3.26. The number of rotatable bonds is 7. The highest BCUT2D eigenvalue weighted by Crippen LogP contribution is 2.28. The molecule has 1 heterocycles. The lowest BCUT2D eigenvalue weighted by molar-refractivity contribution is 0.552. The van der Waals surface area contributed by atoms with Crippen LogP contribution in [0.2, 0.25) is 0 Å². The highest BCUT2D eigenvalue weighted by Gasteiger charge is 2.05. The van der Waals surface area contributed by atoms with Crippen molar-refractivity contribution in [2.45, 2.75) is 28.4 Å². The molecule has 1 atom stereocenters. The van der Waals surface area contributed by atoms with Crippen LogP contribution in [0.1, 0.15) is 19.8 Å². The maximum atomic E-state index is 5.68. The van der Waals surface area contributed by atoms with E-state index < -0.39 is 0 Å². The molecule has 0 N–H and O–H groups in total. The summed E-state index contributed by atoms with van der Waals surface area (Å²) in [7, 11) is 0. The van der Waals surface area contributed by atoms with Crippen molar-refractivity contribution in [1.82, 2.24) is 10.2 Å². The molecular formula is C9H15ClN2S3. The second-order valence-corrected chi connectivity index (χ2v) is 7.01. The maximum absolute atomic E-state index is 5.68. The summed E-state index contributed by atoms with van der Waals surface area (Å²) in [6, 6.07) is 0. The molecule has 1 aromatic rings. The average Bonchev–Trinajstić information content (AvgIpc) is 2.66. The minimum Gasteiger partial charge on any atom is -0.131 e. The number of halogens is 1. The highest BCUT2D eigenvalue weighted by atomic mass is 35.5. The maximum Gasteiger partial charge on any atom is 0.175 e. The van der Waals surface area contributed by atoms with Gasteiger partial charge in [0, 0.05) is 11.6 Å². The van der Waals surface area contributed by atoms with Crippen LogP contribution in [-0.4, -0.2) is 28.1 Å². The molecule has 1 unspecified atom stereocenters. The molecule has 2 nitrogen and oxygen atoms in total. The Morgan fingerprint density at radius 3 is 2.67 bits per heavy atom. The van der Waals surface area contributed by atoms with Gasteiger partial charge in [-0.2, -0.15) is 0 Å². The van der Waals surface area contributed by atoms with E-state index in [1.165, 1.54) is 6.42 Å². The van der Waals surface area contributed by atoms with E-state index in [1.54, 1.807) is 34.9 Å². The lowest BCUT2D eigenvalue weighted by atomic mass is 10.1. The molecule has 0 fully saturated rings. The van der Waals surface area contributed by atoms with Gasteiger partial charge in [-0.15, -0.1) is 21.8 Å². The van der Waals surface area contributed by atoms with Gasteiger partial charge in [0.2, 0.25) is 0 Å². The quantitative estimate of drug-likeness (QED) is 0.557. The smallest absolute Gasteiger partial charge is 0.131 e. The van der Waals surface area contributed by atoms with Crippen LogP contribution in [0.15, 0.2) is 8.68 Å². The lowest BCUT2D eigenvalue weighted by Crippen LogP contribution is -1.96. The molecule has 6 heteroatoms. The number of thioether (sulfide) groups is 2. The minimum absolute atomic E-state index is 0.711. The summed E-state index contributed by atoms with van der Waals surface area (Å²) in [5, 5.41) is 8.17. The summed E-state index contributed by atoms with van der Waals surface area (Å²) >= 11 is 10.8. The molecule has 1 rings (SSSR count). The van der Waals surface area contributed by atoms with Crippen LogP contribution < -0.4 is 0 Å². The molecule has 86 valence electrons. The topological polar surface area (TPSA) is 25.8 Å². The highest BCUT2D eigenvalue weighted by molar-refractivity contribution is 8.02. The van der Waals surface area contributed by atoms with Crippen LogP contribution in [0.4, 0.5) is 0 Å². The monoisotopic (exact) mass is 282 g/mol. The first-order valence-electron chi connectivity index (χ1n) is 4.82. The summed E-state index contributed by atoms with van der Waals surface area (Å²) in [6.07, 6.45) is 4.33. The summed E-state index contributed by atoms with van der Waals surface area (Å²) in [4.78, 5) is 0. The van der Waals surface area contributed by atoms with E-state index in [2.05, 4.69) is 17.1 Å². The number of nitrogens with zero attached hydrogens (tertiary/aromatic N) is 2. The SMILES string of the molecule is CSc1nnc(SCCC(C)CCCl)s1. The van der Waals surface area contributed by atoms with Crippen molar-refractivity contribution in [3.63, 3.8) is 0 Å². The van der Waals surface area contributed by atoms with E-state index in [0.717, 1.165) is 26.7 Å². The van der Waals surface area contributed by atoms with Crippen molar-refractivity contribution in [3.05, 3.63) is 0 Å². The fourth-order valence-corrected chi connectivity index (χ4v) is 4.07. The fraction of sp³-hybridized carbons (Fsp3) is 0.778. The van der Waals surface area contributed by atoms with Gasteiger partial charge in [-0.25, -0.2) is 0 Å². The van der Waals surface area contributed by atoms with Crippen molar-refractivity contribution in [2.24, 2.45) is 5.92 Å². The zero-order valence-electron chi connectivity index (χ0n) is 8.90. The third-order valence-electron chi connectivity index (χ3n) is 2.00. The zero-order valence-corrected chi connectivity index (χ0v) is 12.1. The third kappa shape index (κ3) is 5.43. The van der Waals surface area contributed by atoms with E-state index in [-0.39, 0.29) is 0 Å². The Kier molecular flexibility index (Phi) is 7.05. The van der Waals surface area contributed by atoms with Crippen molar-refractivity contribution in [2.75, 3.05) is 17.9 Å². The molecule has 0 saturated carbocycles. The van der Waals surface area contributed by atoms with Gasteiger partial charge in [0.15, 0.2) is 8.68 Å². The van der Waals surface area contributed by atoms with Crippen LogP contribution in [0, 0.1) is 5.92 Å². The van der Waals surface area contributed by atoms with Gasteiger partial charge in [0.25, 0.3) is 0 Å². The summed E-state index contributed by atoms with van der Waals surface area (Å²) in [6.45, 7) is 2.25. The van der Waals surface area contributed by atoms with Crippen LogP contribution >= 0.6 is 46.5 Å². The van der Waals surface area contributed by atoms with E-state index in [1.807, 2.05) is 6.26 Å². The van der Waals surface area contributed by atoms with Crippen molar-refractivity contribution < 1.29 is 0 Å². The molecule has 0 spiro atoms. The van der Waals surface area contributed by atoms with Crippen molar-refractivity contribution in [3.8, 4) is 0 Å². The number of aromatic nitrogens is 2. The Morgan fingerprint density at radius 1 is 1.33 bits per heavy atom. The largest absolute Gasteiger partial charge is 0.175 e. The Hall–Kier alpha value is 0.550. The number of alkyl halides is 1. The van der Waals surface area contributed by atoms with Gasteiger partial charge in [-0.1, -0.05) is 41.8 Å². The Bertz CT molecular complexity index is 280. The van der Waals surface area contributed by atoms with Crippen LogP contribution in [-0.2, 0) is 0 Å². The van der Waals surface area contributed by atoms with Gasteiger partial charge in [0.05, 0.1) is 0 Å². The molecule has 0 aliphatic rings. The summed E-state index contributed by atoms with van der Waals surface area (Å²) in [5.41, 5.74) is 0. The minimum atomic E-state index is 0.711. The Morgan fingerprint density at radius 2 is 2.07 bits per heavy atom. The van der Waals surface area contributed by atoms with Gasteiger partial charge in [-0.05, 0) is 25.0 Å². The molecule has 0 saturated heterocycles. The molecule has 1 aromatic heterocycles. The van der Waals surface area contributed by atoms with E-state index in [9.17, 15) is 0 Å². The Labute approximate surface area is 109 Å². The van der Waals surface area contributed by atoms with Crippen molar-refractivity contribution >= 4 is 46.5 Å².